The summed E-state index contributed by atoms with van der Waals surface area (Å²) in [6.45, 7) is 7.26. The molecule has 0 saturated carbocycles. The monoisotopic (exact) mass is 429 g/mol. The number of nitrogens with one attached hydrogen (secondary N) is 2. The van der Waals surface area contributed by atoms with E-state index in [-0.39, 0.29) is 6.04 Å². The summed E-state index contributed by atoms with van der Waals surface area (Å²) in [5, 5.41) is 9.23. The molecule has 0 spiro atoms. The molecule has 1 aliphatic heterocycles. The first-order valence-electron chi connectivity index (χ1n) is 10.6. The zero-order valence-corrected chi connectivity index (χ0v) is 19.4. The molecule has 1 aromatic carbocycles. The molecule has 30 heavy (non-hydrogen) atoms. The first-order chi connectivity index (χ1) is 14.6. The summed E-state index contributed by atoms with van der Waals surface area (Å²) in [7, 11) is 6.07. The molecule has 164 valence electrons. The fourth-order valence-electron chi connectivity index (χ4n) is 3.77. The minimum absolute atomic E-state index is 0.275. The Bertz CT molecular complexity index is 769. The topological polar surface area (TPSA) is 52.1 Å². The Labute approximate surface area is 184 Å². The van der Waals surface area contributed by atoms with Gasteiger partial charge in [-0.05, 0) is 38.0 Å². The standard InChI is InChI=1S/C23H35N5OS/c1-18-7-9-19(10-8-18)20(27(3)4)16-25-23(24-2)26-17-21(22-6-5-15-30-22)28-11-13-29-14-12-28/h5-10,15,20-21H,11-14,16-17H2,1-4H3,(H2,24,25,26). The van der Waals surface area contributed by atoms with Crippen LogP contribution in [0.25, 0.3) is 0 Å². The number of morpholine rings is 1. The Kier molecular flexibility index (Phi) is 8.69. The molecule has 2 heterocycles. The number of hydrogen-bond acceptors (Lipinski definition) is 5. The molecule has 3 rings (SSSR count). The van der Waals surface area contributed by atoms with E-state index >= 15 is 0 Å². The number of thiophene rings is 1. The molecular weight excluding hydrogens is 394 g/mol. The van der Waals surface area contributed by atoms with Crippen molar-refractivity contribution in [3.05, 3.63) is 57.8 Å². The number of hydrogen-bond donors (Lipinski definition) is 2. The Morgan fingerprint density at radius 2 is 1.83 bits per heavy atom. The lowest BCUT2D eigenvalue weighted by atomic mass is 10.0. The van der Waals surface area contributed by atoms with E-state index in [9.17, 15) is 0 Å². The van der Waals surface area contributed by atoms with Gasteiger partial charge in [-0.2, -0.15) is 0 Å². The number of aryl methyl sites for hydroxylation is 1. The van der Waals surface area contributed by atoms with Crippen LogP contribution >= 0.6 is 11.3 Å². The summed E-state index contributed by atoms with van der Waals surface area (Å²) in [5.41, 5.74) is 2.59. The second-order valence-electron chi connectivity index (χ2n) is 7.90. The van der Waals surface area contributed by atoms with Crippen LogP contribution in [0.1, 0.15) is 28.1 Å². The lowest BCUT2D eigenvalue weighted by molar-refractivity contribution is 0.0177. The smallest absolute Gasteiger partial charge is 0.191 e. The maximum atomic E-state index is 5.55. The van der Waals surface area contributed by atoms with Crippen LogP contribution in [0.4, 0.5) is 0 Å². The molecular formula is C23H35N5OS. The van der Waals surface area contributed by atoms with Crippen molar-refractivity contribution in [1.82, 2.24) is 20.4 Å². The van der Waals surface area contributed by atoms with Gasteiger partial charge in [0.05, 0.1) is 25.3 Å². The number of benzene rings is 1. The van der Waals surface area contributed by atoms with Crippen molar-refractivity contribution in [1.29, 1.82) is 0 Å². The van der Waals surface area contributed by atoms with E-state index in [0.29, 0.717) is 6.04 Å². The second-order valence-corrected chi connectivity index (χ2v) is 8.88. The van der Waals surface area contributed by atoms with Crippen LogP contribution in [-0.2, 0) is 4.74 Å². The number of nitrogens with zero attached hydrogens (tertiary/aromatic N) is 3. The largest absolute Gasteiger partial charge is 0.379 e. The van der Waals surface area contributed by atoms with E-state index in [1.165, 1.54) is 16.0 Å². The summed E-state index contributed by atoms with van der Waals surface area (Å²) in [5.74, 6) is 0.837. The summed E-state index contributed by atoms with van der Waals surface area (Å²) in [6, 6.07) is 13.7. The van der Waals surface area contributed by atoms with Crippen LogP contribution in [0, 0.1) is 6.92 Å². The van der Waals surface area contributed by atoms with E-state index < -0.39 is 0 Å². The van der Waals surface area contributed by atoms with Crippen molar-refractivity contribution in [2.75, 3.05) is 60.5 Å². The van der Waals surface area contributed by atoms with E-state index in [2.05, 4.69) is 88.2 Å². The van der Waals surface area contributed by atoms with Gasteiger partial charge in [0.2, 0.25) is 0 Å². The number of guanidine groups is 1. The van der Waals surface area contributed by atoms with Gasteiger partial charge in [0.25, 0.3) is 0 Å². The quantitative estimate of drug-likeness (QED) is 0.499. The highest BCUT2D eigenvalue weighted by Crippen LogP contribution is 2.25. The van der Waals surface area contributed by atoms with Gasteiger partial charge in [-0.3, -0.25) is 9.89 Å². The highest BCUT2D eigenvalue weighted by Gasteiger charge is 2.24. The van der Waals surface area contributed by atoms with Gasteiger partial charge < -0.3 is 20.3 Å². The van der Waals surface area contributed by atoms with Gasteiger partial charge in [0.15, 0.2) is 5.96 Å². The van der Waals surface area contributed by atoms with Crippen molar-refractivity contribution in [2.24, 2.45) is 4.99 Å². The molecule has 7 heteroatoms. The van der Waals surface area contributed by atoms with Gasteiger partial charge in [-0.25, -0.2) is 0 Å². The maximum Gasteiger partial charge on any atom is 0.191 e. The van der Waals surface area contributed by atoms with Gasteiger partial charge >= 0.3 is 0 Å². The van der Waals surface area contributed by atoms with Crippen LogP contribution in [0.3, 0.4) is 0 Å². The molecule has 0 radical (unpaired) electrons. The van der Waals surface area contributed by atoms with Crippen LogP contribution < -0.4 is 10.6 Å². The van der Waals surface area contributed by atoms with Gasteiger partial charge in [0, 0.05) is 38.1 Å². The molecule has 2 aromatic rings. The minimum Gasteiger partial charge on any atom is -0.379 e. The first-order valence-corrected chi connectivity index (χ1v) is 11.5. The van der Waals surface area contributed by atoms with Crippen LogP contribution in [0.5, 0.6) is 0 Å². The molecule has 2 N–H and O–H groups in total. The molecule has 2 atom stereocenters. The average molecular weight is 430 g/mol. The highest BCUT2D eigenvalue weighted by molar-refractivity contribution is 7.10. The van der Waals surface area contributed by atoms with Gasteiger partial charge in [-0.1, -0.05) is 35.9 Å². The van der Waals surface area contributed by atoms with Gasteiger partial charge in [-0.15, -0.1) is 11.3 Å². The number of rotatable bonds is 8. The predicted octanol–water partition coefficient (Wildman–Crippen LogP) is 2.90. The predicted molar refractivity (Wildman–Crippen MR) is 126 cm³/mol. The second kappa shape index (κ2) is 11.5. The third-order valence-electron chi connectivity index (χ3n) is 5.59. The van der Waals surface area contributed by atoms with Crippen molar-refractivity contribution >= 4 is 17.3 Å². The Balaban J connectivity index is 1.60. The third kappa shape index (κ3) is 6.28. The SMILES string of the molecule is CN=C(NCC(c1ccc(C)cc1)N(C)C)NCC(c1cccs1)N1CCOCC1. The Hall–Kier alpha value is -1.93. The summed E-state index contributed by atoms with van der Waals surface area (Å²) >= 11 is 1.82. The zero-order chi connectivity index (χ0) is 21.3. The molecule has 6 nitrogen and oxygen atoms in total. The molecule has 1 fully saturated rings. The normalized spacial score (nSPS) is 17.7. The van der Waals surface area contributed by atoms with Crippen LogP contribution in [0.15, 0.2) is 46.8 Å². The van der Waals surface area contributed by atoms with E-state index in [1.54, 1.807) is 0 Å². The van der Waals surface area contributed by atoms with E-state index in [1.807, 2.05) is 18.4 Å². The lowest BCUT2D eigenvalue weighted by Gasteiger charge is -2.34. The van der Waals surface area contributed by atoms with Crippen LogP contribution in [0.2, 0.25) is 0 Å². The summed E-state index contributed by atoms with van der Waals surface area (Å²) < 4.78 is 5.55. The first kappa shape index (κ1) is 22.7. The van der Waals surface area contributed by atoms with Gasteiger partial charge in [0.1, 0.15) is 0 Å². The summed E-state index contributed by atoms with van der Waals surface area (Å²) in [4.78, 5) is 10.6. The fraction of sp³-hybridized carbons (Fsp3) is 0.522. The number of likely N-dealkylation sites (N-methyl/N-ethyl adjacent to an activating group) is 1. The molecule has 1 saturated heterocycles. The Morgan fingerprint density at radius 1 is 1.13 bits per heavy atom. The van der Waals surface area contributed by atoms with E-state index in [4.69, 9.17) is 4.74 Å². The lowest BCUT2D eigenvalue weighted by Crippen LogP contribution is -2.47. The molecule has 2 unspecified atom stereocenters. The molecule has 1 aliphatic rings. The van der Waals surface area contributed by atoms with Crippen molar-refractivity contribution in [2.45, 2.75) is 19.0 Å². The van der Waals surface area contributed by atoms with E-state index in [0.717, 1.165) is 45.4 Å². The van der Waals surface area contributed by atoms with Crippen LogP contribution in [-0.4, -0.2) is 76.3 Å². The average Bonchev–Trinajstić information content (AvgIpc) is 3.29. The zero-order valence-electron chi connectivity index (χ0n) is 18.6. The maximum absolute atomic E-state index is 5.55. The molecule has 0 amide bonds. The van der Waals surface area contributed by atoms with Crippen molar-refractivity contribution in [3.63, 3.8) is 0 Å². The summed E-state index contributed by atoms with van der Waals surface area (Å²) in [6.07, 6.45) is 0. The van der Waals surface area contributed by atoms with Crippen molar-refractivity contribution in [3.8, 4) is 0 Å². The van der Waals surface area contributed by atoms with Crippen molar-refractivity contribution < 1.29 is 4.74 Å². The third-order valence-corrected chi connectivity index (χ3v) is 6.57. The fourth-order valence-corrected chi connectivity index (χ4v) is 4.64. The minimum atomic E-state index is 0.275. The number of ether oxygens (including phenoxy) is 1. The molecule has 1 aromatic heterocycles. The Morgan fingerprint density at radius 3 is 2.43 bits per heavy atom. The molecule has 0 bridgehead atoms. The highest BCUT2D eigenvalue weighted by atomic mass is 32.1. The number of aliphatic imine (C=N–C) groups is 1. The molecule has 0 aliphatic carbocycles.